The Kier molecular flexibility index (Phi) is 4.35. The highest BCUT2D eigenvalue weighted by atomic mass is 32.2. The summed E-state index contributed by atoms with van der Waals surface area (Å²) < 4.78 is 1.58. The second-order valence-electron chi connectivity index (χ2n) is 3.50. The number of hydrogen-bond acceptors (Lipinski definition) is 7. The van der Waals surface area contributed by atoms with Gasteiger partial charge in [-0.1, -0.05) is 23.1 Å². The number of carboxylic acid groups (broad SMARTS) is 1. The molecule has 0 unspecified atom stereocenters. The summed E-state index contributed by atoms with van der Waals surface area (Å²) in [6, 6.07) is 0. The number of aliphatic hydroxyl groups excluding tert-OH is 1. The van der Waals surface area contributed by atoms with Crippen molar-refractivity contribution in [2.45, 2.75) is 18.3 Å². The van der Waals surface area contributed by atoms with Crippen LogP contribution in [0.5, 0.6) is 0 Å². The van der Waals surface area contributed by atoms with Crippen molar-refractivity contribution in [3.8, 4) is 0 Å². The van der Waals surface area contributed by atoms with Crippen molar-refractivity contribution in [3.63, 3.8) is 0 Å². The van der Waals surface area contributed by atoms with Gasteiger partial charge in [0.1, 0.15) is 6.61 Å². The molecule has 0 aliphatic heterocycles. The third-order valence-electron chi connectivity index (χ3n) is 2.16. The SMILES string of the molecule is O=C(O)CSc1nnc(CO)n1Cc1csc(=O)[nH]1. The molecule has 2 heterocycles. The molecular weight excluding hydrogens is 292 g/mol. The molecule has 102 valence electrons. The molecule has 8 nitrogen and oxygen atoms in total. The number of thiazole rings is 1. The summed E-state index contributed by atoms with van der Waals surface area (Å²) in [7, 11) is 0. The third-order valence-corrected chi connectivity index (χ3v) is 3.83. The summed E-state index contributed by atoms with van der Waals surface area (Å²) >= 11 is 2.04. The largest absolute Gasteiger partial charge is 0.481 e. The Morgan fingerprint density at radius 3 is 2.89 bits per heavy atom. The van der Waals surface area contributed by atoms with Crippen LogP contribution in [0.25, 0.3) is 0 Å². The number of aliphatic carboxylic acids is 1. The van der Waals surface area contributed by atoms with E-state index in [2.05, 4.69) is 15.2 Å². The van der Waals surface area contributed by atoms with Gasteiger partial charge in [-0.25, -0.2) is 0 Å². The molecule has 0 saturated carbocycles. The molecule has 0 fully saturated rings. The number of thioether (sulfide) groups is 1. The number of nitrogens with zero attached hydrogens (tertiary/aromatic N) is 3. The Morgan fingerprint density at radius 2 is 2.32 bits per heavy atom. The van der Waals surface area contributed by atoms with E-state index in [1.165, 1.54) is 0 Å². The van der Waals surface area contributed by atoms with Crippen molar-refractivity contribution >= 4 is 29.1 Å². The fourth-order valence-corrected chi connectivity index (χ4v) is 2.64. The lowest BCUT2D eigenvalue weighted by Gasteiger charge is -2.06. The van der Waals surface area contributed by atoms with Gasteiger partial charge in [0, 0.05) is 11.1 Å². The molecule has 0 aliphatic carbocycles. The minimum absolute atomic E-state index is 0.149. The van der Waals surface area contributed by atoms with Crippen LogP contribution in [0.4, 0.5) is 0 Å². The van der Waals surface area contributed by atoms with Crippen molar-refractivity contribution in [2.24, 2.45) is 0 Å². The summed E-state index contributed by atoms with van der Waals surface area (Å²) in [5, 5.41) is 27.5. The number of H-pyrrole nitrogens is 1. The van der Waals surface area contributed by atoms with Crippen LogP contribution in [0.15, 0.2) is 15.3 Å². The first kappa shape index (κ1) is 13.8. The van der Waals surface area contributed by atoms with Crippen molar-refractivity contribution in [3.05, 3.63) is 26.6 Å². The highest BCUT2D eigenvalue weighted by Crippen LogP contribution is 2.18. The summed E-state index contributed by atoms with van der Waals surface area (Å²) in [5.74, 6) is -0.794. The van der Waals surface area contributed by atoms with E-state index in [0.29, 0.717) is 16.7 Å². The molecule has 0 amide bonds. The minimum Gasteiger partial charge on any atom is -0.481 e. The van der Waals surface area contributed by atoms with Gasteiger partial charge in [0.2, 0.25) is 0 Å². The molecule has 0 saturated heterocycles. The molecule has 0 aromatic carbocycles. The van der Waals surface area contributed by atoms with Crippen molar-refractivity contribution < 1.29 is 15.0 Å². The van der Waals surface area contributed by atoms with E-state index < -0.39 is 5.97 Å². The zero-order valence-corrected chi connectivity index (χ0v) is 11.2. The maximum atomic E-state index is 11.1. The maximum Gasteiger partial charge on any atom is 0.313 e. The number of nitrogens with one attached hydrogen (secondary N) is 1. The molecule has 0 radical (unpaired) electrons. The molecule has 2 aromatic rings. The van der Waals surface area contributed by atoms with Crippen molar-refractivity contribution in [1.29, 1.82) is 0 Å². The third kappa shape index (κ3) is 3.43. The van der Waals surface area contributed by atoms with Crippen LogP contribution in [0, 0.1) is 0 Å². The van der Waals surface area contributed by atoms with E-state index in [0.717, 1.165) is 23.1 Å². The molecule has 0 atom stereocenters. The van der Waals surface area contributed by atoms with Gasteiger partial charge >= 0.3 is 10.8 Å². The molecule has 2 aromatic heterocycles. The molecule has 0 bridgehead atoms. The van der Waals surface area contributed by atoms with Gasteiger partial charge in [0.15, 0.2) is 11.0 Å². The van der Waals surface area contributed by atoms with E-state index >= 15 is 0 Å². The summed E-state index contributed by atoms with van der Waals surface area (Å²) in [6.45, 7) is -0.0292. The Labute approximate surface area is 115 Å². The van der Waals surface area contributed by atoms with Gasteiger partial charge in [0.25, 0.3) is 0 Å². The molecule has 10 heteroatoms. The monoisotopic (exact) mass is 302 g/mol. The van der Waals surface area contributed by atoms with Crippen molar-refractivity contribution in [1.82, 2.24) is 19.7 Å². The molecular formula is C9H10N4O4S2. The van der Waals surface area contributed by atoms with E-state index in [-0.39, 0.29) is 23.8 Å². The normalized spacial score (nSPS) is 10.8. The number of hydrogen-bond donors (Lipinski definition) is 3. The summed E-state index contributed by atoms with van der Waals surface area (Å²) in [4.78, 5) is 24.1. The van der Waals surface area contributed by atoms with E-state index in [1.54, 1.807) is 9.95 Å². The van der Waals surface area contributed by atoms with E-state index in [4.69, 9.17) is 5.11 Å². The van der Waals surface area contributed by atoms with E-state index in [9.17, 15) is 14.7 Å². The predicted octanol–water partition coefficient (Wildman–Crippen LogP) is -0.255. The smallest absolute Gasteiger partial charge is 0.313 e. The summed E-state index contributed by atoms with van der Waals surface area (Å²) in [6.07, 6.45) is 0. The Balaban J connectivity index is 2.23. The number of aliphatic hydroxyl groups is 1. The van der Waals surface area contributed by atoms with Gasteiger partial charge in [-0.05, 0) is 0 Å². The number of carboxylic acids is 1. The van der Waals surface area contributed by atoms with Gasteiger partial charge in [0.05, 0.1) is 12.3 Å². The van der Waals surface area contributed by atoms with Crippen LogP contribution in [0.2, 0.25) is 0 Å². The Hall–Kier alpha value is -1.65. The fraction of sp³-hybridized carbons (Fsp3) is 0.333. The maximum absolute atomic E-state index is 11.1. The van der Waals surface area contributed by atoms with Gasteiger partial charge in [-0.2, -0.15) is 0 Å². The first-order valence-corrected chi connectivity index (χ1v) is 7.01. The average molecular weight is 302 g/mol. The molecule has 2 rings (SSSR count). The van der Waals surface area contributed by atoms with Gasteiger partial charge < -0.3 is 15.2 Å². The highest BCUT2D eigenvalue weighted by Gasteiger charge is 2.14. The van der Waals surface area contributed by atoms with Crippen LogP contribution in [0.1, 0.15) is 11.5 Å². The Morgan fingerprint density at radius 1 is 1.53 bits per heavy atom. The minimum atomic E-state index is -0.964. The molecule has 0 aliphatic rings. The topological polar surface area (TPSA) is 121 Å². The second kappa shape index (κ2) is 5.99. The number of carbonyl (C=O) groups is 1. The summed E-state index contributed by atoms with van der Waals surface area (Å²) in [5.41, 5.74) is 0.654. The molecule has 0 spiro atoms. The van der Waals surface area contributed by atoms with Crippen LogP contribution in [-0.4, -0.2) is 41.7 Å². The standard InChI is InChI=1S/C9H10N4O4S2/c14-2-6-11-12-8(18-4-7(15)16)13(6)1-5-3-19-9(17)10-5/h3,14H,1-2,4H2,(H,10,17)(H,15,16). The number of rotatable bonds is 6. The first-order valence-electron chi connectivity index (χ1n) is 5.14. The zero-order chi connectivity index (χ0) is 13.8. The van der Waals surface area contributed by atoms with Crippen LogP contribution in [-0.2, 0) is 17.9 Å². The predicted molar refractivity (Wildman–Crippen MR) is 68.3 cm³/mol. The first-order chi connectivity index (χ1) is 9.10. The highest BCUT2D eigenvalue weighted by molar-refractivity contribution is 7.99. The second-order valence-corrected chi connectivity index (χ2v) is 5.28. The van der Waals surface area contributed by atoms with Gasteiger partial charge in [-0.15, -0.1) is 10.2 Å². The van der Waals surface area contributed by atoms with Crippen LogP contribution in [0.3, 0.4) is 0 Å². The quantitative estimate of drug-likeness (QED) is 0.629. The zero-order valence-electron chi connectivity index (χ0n) is 9.57. The molecule has 3 N–H and O–H groups in total. The van der Waals surface area contributed by atoms with Crippen LogP contribution >= 0.6 is 23.1 Å². The fourth-order valence-electron chi connectivity index (χ4n) is 1.39. The molecule has 19 heavy (non-hydrogen) atoms. The number of aromatic amines is 1. The van der Waals surface area contributed by atoms with E-state index in [1.807, 2.05) is 0 Å². The average Bonchev–Trinajstić information content (AvgIpc) is 2.94. The Bertz CT molecular complexity index is 632. The van der Waals surface area contributed by atoms with Crippen molar-refractivity contribution in [2.75, 3.05) is 5.75 Å². The lowest BCUT2D eigenvalue weighted by Crippen LogP contribution is -2.09. The lowest BCUT2D eigenvalue weighted by atomic mass is 10.4. The lowest BCUT2D eigenvalue weighted by molar-refractivity contribution is -0.133. The number of aromatic nitrogens is 4. The van der Waals surface area contributed by atoms with Gasteiger partial charge in [-0.3, -0.25) is 14.2 Å². The van der Waals surface area contributed by atoms with Crippen LogP contribution < -0.4 is 4.87 Å².